The fraction of sp³-hybridized carbons (Fsp3) is 0.923. The SMILES string of the molecule is CC(=O)C(C)(C)CN1CC2CCC1CC2. The molecule has 2 bridgehead atoms. The van der Waals surface area contributed by atoms with Crippen molar-refractivity contribution in [3.63, 3.8) is 0 Å². The highest BCUT2D eigenvalue weighted by atomic mass is 16.1. The van der Waals surface area contributed by atoms with E-state index in [0.29, 0.717) is 5.78 Å². The molecule has 0 unspecified atom stereocenters. The molecule has 0 radical (unpaired) electrons. The van der Waals surface area contributed by atoms with Crippen LogP contribution in [-0.2, 0) is 4.79 Å². The van der Waals surface area contributed by atoms with Crippen LogP contribution >= 0.6 is 0 Å². The average Bonchev–Trinajstić information content (AvgIpc) is 2.18. The lowest BCUT2D eigenvalue weighted by molar-refractivity contribution is -0.127. The van der Waals surface area contributed by atoms with E-state index in [1.54, 1.807) is 6.92 Å². The van der Waals surface area contributed by atoms with Crippen LogP contribution in [0.1, 0.15) is 46.5 Å². The number of hydrogen-bond donors (Lipinski definition) is 0. The Kier molecular flexibility index (Phi) is 2.89. The molecule has 2 saturated heterocycles. The van der Waals surface area contributed by atoms with Crippen molar-refractivity contribution < 1.29 is 4.79 Å². The number of fused-ring (bicyclic) bond motifs is 3. The lowest BCUT2D eigenvalue weighted by Crippen LogP contribution is -2.52. The van der Waals surface area contributed by atoms with Crippen molar-refractivity contribution in [3.05, 3.63) is 0 Å². The molecule has 0 spiro atoms. The fourth-order valence-corrected chi connectivity index (χ4v) is 2.99. The first-order chi connectivity index (χ1) is 6.99. The molecule has 0 atom stereocenters. The van der Waals surface area contributed by atoms with Crippen molar-refractivity contribution in [2.45, 2.75) is 52.5 Å². The zero-order valence-electron chi connectivity index (χ0n) is 10.3. The van der Waals surface area contributed by atoms with Crippen LogP contribution < -0.4 is 0 Å². The molecule has 2 heteroatoms. The zero-order chi connectivity index (χ0) is 11.1. The summed E-state index contributed by atoms with van der Waals surface area (Å²) in [5, 5.41) is 0. The number of nitrogens with zero attached hydrogens (tertiary/aromatic N) is 1. The summed E-state index contributed by atoms with van der Waals surface area (Å²) in [5.74, 6) is 1.24. The van der Waals surface area contributed by atoms with E-state index in [9.17, 15) is 4.79 Å². The summed E-state index contributed by atoms with van der Waals surface area (Å²) in [6.07, 6.45) is 5.56. The lowest BCUT2D eigenvalue weighted by Gasteiger charge is -2.47. The molecule has 0 N–H and O–H groups in total. The van der Waals surface area contributed by atoms with Gasteiger partial charge in [0, 0.05) is 24.5 Å². The Morgan fingerprint density at radius 2 is 1.87 bits per heavy atom. The molecule has 0 aromatic rings. The first-order valence-electron chi connectivity index (χ1n) is 6.24. The molecular weight excluding hydrogens is 186 g/mol. The van der Waals surface area contributed by atoms with Gasteiger partial charge in [-0.15, -0.1) is 0 Å². The highest BCUT2D eigenvalue weighted by molar-refractivity contribution is 5.81. The Hall–Kier alpha value is -0.370. The van der Waals surface area contributed by atoms with Crippen LogP contribution in [0.25, 0.3) is 0 Å². The first-order valence-corrected chi connectivity index (χ1v) is 6.24. The molecule has 86 valence electrons. The van der Waals surface area contributed by atoms with Gasteiger partial charge in [0.05, 0.1) is 0 Å². The summed E-state index contributed by atoms with van der Waals surface area (Å²) in [7, 11) is 0. The van der Waals surface area contributed by atoms with Gasteiger partial charge in [-0.25, -0.2) is 0 Å². The van der Waals surface area contributed by atoms with Crippen molar-refractivity contribution in [1.82, 2.24) is 4.90 Å². The molecule has 3 fully saturated rings. The molecule has 1 saturated carbocycles. The maximum Gasteiger partial charge on any atom is 0.136 e. The lowest BCUT2D eigenvalue weighted by atomic mass is 9.78. The minimum absolute atomic E-state index is 0.155. The highest BCUT2D eigenvalue weighted by Crippen LogP contribution is 2.36. The van der Waals surface area contributed by atoms with Crippen LogP contribution in [0.15, 0.2) is 0 Å². The van der Waals surface area contributed by atoms with E-state index in [1.165, 1.54) is 32.2 Å². The third-order valence-electron chi connectivity index (χ3n) is 4.38. The van der Waals surface area contributed by atoms with E-state index < -0.39 is 0 Å². The van der Waals surface area contributed by atoms with Crippen LogP contribution in [0.4, 0.5) is 0 Å². The van der Waals surface area contributed by atoms with Crippen molar-refractivity contribution in [2.75, 3.05) is 13.1 Å². The van der Waals surface area contributed by atoms with Crippen LogP contribution in [0.2, 0.25) is 0 Å². The quantitative estimate of drug-likeness (QED) is 0.711. The van der Waals surface area contributed by atoms with Gasteiger partial charge in [0.2, 0.25) is 0 Å². The summed E-state index contributed by atoms with van der Waals surface area (Å²) in [4.78, 5) is 14.1. The monoisotopic (exact) mass is 209 g/mol. The smallest absolute Gasteiger partial charge is 0.136 e. The van der Waals surface area contributed by atoms with Gasteiger partial charge in [0.25, 0.3) is 0 Å². The third kappa shape index (κ3) is 2.25. The van der Waals surface area contributed by atoms with Crippen molar-refractivity contribution >= 4 is 5.78 Å². The summed E-state index contributed by atoms with van der Waals surface area (Å²) < 4.78 is 0. The Morgan fingerprint density at radius 3 is 2.27 bits per heavy atom. The van der Waals surface area contributed by atoms with Crippen molar-refractivity contribution in [3.8, 4) is 0 Å². The van der Waals surface area contributed by atoms with Crippen molar-refractivity contribution in [2.24, 2.45) is 11.3 Å². The second kappa shape index (κ2) is 3.89. The number of hydrogen-bond acceptors (Lipinski definition) is 2. The summed E-state index contributed by atoms with van der Waals surface area (Å²) in [6, 6.07) is 0.772. The molecule has 2 nitrogen and oxygen atoms in total. The molecule has 3 aliphatic rings. The predicted octanol–water partition coefficient (Wildman–Crippen LogP) is 2.48. The summed E-state index contributed by atoms with van der Waals surface area (Å²) in [6.45, 7) is 8.09. The Labute approximate surface area is 93.0 Å². The zero-order valence-corrected chi connectivity index (χ0v) is 10.3. The minimum atomic E-state index is -0.155. The topological polar surface area (TPSA) is 20.3 Å². The van der Waals surface area contributed by atoms with Gasteiger partial charge >= 0.3 is 0 Å². The van der Waals surface area contributed by atoms with Gasteiger partial charge in [-0.05, 0) is 38.5 Å². The van der Waals surface area contributed by atoms with E-state index in [0.717, 1.165) is 18.5 Å². The highest BCUT2D eigenvalue weighted by Gasteiger charge is 2.37. The van der Waals surface area contributed by atoms with E-state index in [-0.39, 0.29) is 5.41 Å². The molecular formula is C13H23NO. The molecule has 15 heavy (non-hydrogen) atoms. The van der Waals surface area contributed by atoms with Crippen LogP contribution in [0.5, 0.6) is 0 Å². The summed E-state index contributed by atoms with van der Waals surface area (Å²) >= 11 is 0. The molecule has 3 rings (SSSR count). The van der Waals surface area contributed by atoms with Crippen molar-refractivity contribution in [1.29, 1.82) is 0 Å². The van der Waals surface area contributed by atoms with Crippen LogP contribution in [0, 0.1) is 11.3 Å². The van der Waals surface area contributed by atoms with Gasteiger partial charge in [-0.3, -0.25) is 9.69 Å². The van der Waals surface area contributed by atoms with E-state index in [1.807, 2.05) is 0 Å². The number of ketones is 1. The van der Waals surface area contributed by atoms with E-state index >= 15 is 0 Å². The molecule has 0 aromatic heterocycles. The Morgan fingerprint density at radius 1 is 1.27 bits per heavy atom. The van der Waals surface area contributed by atoms with E-state index in [2.05, 4.69) is 18.7 Å². The van der Waals surface area contributed by atoms with Gasteiger partial charge < -0.3 is 0 Å². The average molecular weight is 209 g/mol. The normalized spacial score (nSPS) is 31.9. The molecule has 2 aliphatic heterocycles. The first kappa shape index (κ1) is 11.1. The van der Waals surface area contributed by atoms with Gasteiger partial charge in [-0.1, -0.05) is 13.8 Å². The molecule has 1 aliphatic carbocycles. The number of rotatable bonds is 3. The number of carbonyl (C=O) groups excluding carboxylic acids is 1. The fourth-order valence-electron chi connectivity index (χ4n) is 2.99. The number of piperidine rings is 2. The summed E-state index contributed by atoms with van der Waals surface area (Å²) in [5.41, 5.74) is -0.155. The molecule has 0 aromatic carbocycles. The predicted molar refractivity (Wildman–Crippen MR) is 61.8 cm³/mol. The Bertz CT molecular complexity index is 251. The molecule has 0 amide bonds. The van der Waals surface area contributed by atoms with E-state index in [4.69, 9.17) is 0 Å². The largest absolute Gasteiger partial charge is 0.299 e. The third-order valence-corrected chi connectivity index (χ3v) is 4.38. The Balaban J connectivity index is 1.98. The molecule has 2 heterocycles. The number of Topliss-reactive ketones (excluding diaryl/α,β-unsaturated/α-hetero) is 1. The maximum atomic E-state index is 11.5. The standard InChI is InChI=1S/C13H23NO/c1-10(15)13(2,3)9-14-8-11-4-6-12(14)7-5-11/h11-12H,4-9H2,1-3H3. The second-order valence-electron chi connectivity index (χ2n) is 6.04. The van der Waals surface area contributed by atoms with Crippen LogP contribution in [0.3, 0.4) is 0 Å². The van der Waals surface area contributed by atoms with Crippen LogP contribution in [-0.4, -0.2) is 29.8 Å². The van der Waals surface area contributed by atoms with Gasteiger partial charge in [-0.2, -0.15) is 0 Å². The second-order valence-corrected chi connectivity index (χ2v) is 6.04. The maximum absolute atomic E-state index is 11.5. The minimum Gasteiger partial charge on any atom is -0.299 e. The number of carbonyl (C=O) groups is 1. The van der Waals surface area contributed by atoms with Gasteiger partial charge in [0.1, 0.15) is 5.78 Å². The van der Waals surface area contributed by atoms with Gasteiger partial charge in [0.15, 0.2) is 0 Å².